The molecule has 3 heteroatoms. The van der Waals surface area contributed by atoms with Gasteiger partial charge >= 0.3 is 0 Å². The highest BCUT2D eigenvalue weighted by molar-refractivity contribution is 5.23. The lowest BCUT2D eigenvalue weighted by Gasteiger charge is -2.35. The molecule has 0 saturated carbocycles. The van der Waals surface area contributed by atoms with Crippen molar-refractivity contribution in [3.63, 3.8) is 0 Å². The maximum atomic E-state index is 5.85. The van der Waals surface area contributed by atoms with Crippen LogP contribution in [0.1, 0.15) is 37.0 Å². The summed E-state index contributed by atoms with van der Waals surface area (Å²) >= 11 is 0. The summed E-state index contributed by atoms with van der Waals surface area (Å²) in [6, 6.07) is 2.07. The molecule has 0 bridgehead atoms. The van der Waals surface area contributed by atoms with E-state index < -0.39 is 0 Å². The Morgan fingerprint density at radius 1 is 1.40 bits per heavy atom. The highest BCUT2D eigenvalue weighted by Crippen LogP contribution is 2.27. The molecule has 1 saturated heterocycles. The Bertz CT molecular complexity index is 345. The standard InChI is InChI=1S/C12H19NO2/c1-8-5-10(9(2)15-8)11-6-13-12(3,4)7-14-11/h5,11,13H,6-7H2,1-4H3. The number of furan rings is 1. The topological polar surface area (TPSA) is 34.4 Å². The van der Waals surface area contributed by atoms with E-state index in [0.717, 1.165) is 24.7 Å². The molecular weight excluding hydrogens is 190 g/mol. The second kappa shape index (κ2) is 3.65. The predicted molar refractivity (Wildman–Crippen MR) is 59.0 cm³/mol. The monoisotopic (exact) mass is 209 g/mol. The van der Waals surface area contributed by atoms with Gasteiger partial charge in [0.15, 0.2) is 0 Å². The molecule has 0 aromatic carbocycles. The zero-order valence-corrected chi connectivity index (χ0v) is 9.89. The molecule has 1 aromatic rings. The molecule has 0 amide bonds. The summed E-state index contributed by atoms with van der Waals surface area (Å²) in [4.78, 5) is 0. The summed E-state index contributed by atoms with van der Waals surface area (Å²) in [5.74, 6) is 1.93. The van der Waals surface area contributed by atoms with Gasteiger partial charge in [-0.2, -0.15) is 0 Å². The van der Waals surface area contributed by atoms with E-state index in [2.05, 4.69) is 25.2 Å². The first-order valence-corrected chi connectivity index (χ1v) is 5.41. The van der Waals surface area contributed by atoms with Gasteiger partial charge in [0.1, 0.15) is 11.5 Å². The van der Waals surface area contributed by atoms with Gasteiger partial charge in [0.2, 0.25) is 0 Å². The molecule has 84 valence electrons. The van der Waals surface area contributed by atoms with E-state index in [9.17, 15) is 0 Å². The van der Waals surface area contributed by atoms with Gasteiger partial charge in [0, 0.05) is 17.6 Å². The van der Waals surface area contributed by atoms with E-state index >= 15 is 0 Å². The summed E-state index contributed by atoms with van der Waals surface area (Å²) in [6.07, 6.45) is 0.135. The van der Waals surface area contributed by atoms with Gasteiger partial charge in [-0.1, -0.05) is 0 Å². The molecule has 1 aromatic heterocycles. The summed E-state index contributed by atoms with van der Waals surface area (Å²) < 4.78 is 11.4. The van der Waals surface area contributed by atoms with Crippen LogP contribution < -0.4 is 5.32 Å². The second-order valence-electron chi connectivity index (χ2n) is 4.93. The maximum absolute atomic E-state index is 5.85. The van der Waals surface area contributed by atoms with Gasteiger partial charge in [-0.25, -0.2) is 0 Å². The Kier molecular flexibility index (Phi) is 2.61. The molecule has 1 aliphatic rings. The minimum absolute atomic E-state index is 0.0865. The molecule has 1 fully saturated rings. The normalized spacial score (nSPS) is 25.5. The van der Waals surface area contributed by atoms with E-state index in [0.29, 0.717) is 0 Å². The van der Waals surface area contributed by atoms with Crippen molar-refractivity contribution in [2.24, 2.45) is 0 Å². The number of hydrogen-bond donors (Lipinski definition) is 1. The zero-order chi connectivity index (χ0) is 11.1. The molecule has 2 heterocycles. The summed E-state index contributed by atoms with van der Waals surface area (Å²) in [7, 11) is 0. The number of ether oxygens (including phenoxy) is 1. The lowest BCUT2D eigenvalue weighted by molar-refractivity contribution is -0.0235. The summed E-state index contributed by atoms with van der Waals surface area (Å²) in [5, 5.41) is 3.48. The van der Waals surface area contributed by atoms with Crippen molar-refractivity contribution in [1.29, 1.82) is 0 Å². The van der Waals surface area contributed by atoms with Crippen LogP contribution in [0.15, 0.2) is 10.5 Å². The fourth-order valence-corrected chi connectivity index (χ4v) is 1.96. The number of nitrogens with one attached hydrogen (secondary N) is 1. The fourth-order valence-electron chi connectivity index (χ4n) is 1.96. The molecule has 15 heavy (non-hydrogen) atoms. The van der Waals surface area contributed by atoms with Crippen molar-refractivity contribution >= 4 is 0 Å². The van der Waals surface area contributed by atoms with Crippen LogP contribution in [0.4, 0.5) is 0 Å². The highest BCUT2D eigenvalue weighted by atomic mass is 16.5. The van der Waals surface area contributed by atoms with Gasteiger partial charge < -0.3 is 14.5 Å². The van der Waals surface area contributed by atoms with Crippen LogP contribution in [-0.2, 0) is 4.74 Å². The number of morpholine rings is 1. The van der Waals surface area contributed by atoms with Crippen molar-refractivity contribution in [1.82, 2.24) is 5.32 Å². The lowest BCUT2D eigenvalue weighted by atomic mass is 10.0. The van der Waals surface area contributed by atoms with Crippen molar-refractivity contribution in [2.45, 2.75) is 39.3 Å². The largest absolute Gasteiger partial charge is 0.466 e. The van der Waals surface area contributed by atoms with Crippen LogP contribution in [0.5, 0.6) is 0 Å². The van der Waals surface area contributed by atoms with Crippen LogP contribution >= 0.6 is 0 Å². The maximum Gasteiger partial charge on any atom is 0.106 e. The van der Waals surface area contributed by atoms with Gasteiger partial charge in [-0.3, -0.25) is 0 Å². The minimum atomic E-state index is 0.0865. The van der Waals surface area contributed by atoms with E-state index in [-0.39, 0.29) is 11.6 Å². The van der Waals surface area contributed by atoms with Crippen LogP contribution in [0.25, 0.3) is 0 Å². The Morgan fingerprint density at radius 3 is 2.60 bits per heavy atom. The summed E-state index contributed by atoms with van der Waals surface area (Å²) in [6.45, 7) is 9.85. The third kappa shape index (κ3) is 2.24. The van der Waals surface area contributed by atoms with Crippen molar-refractivity contribution in [3.8, 4) is 0 Å². The molecule has 2 rings (SSSR count). The van der Waals surface area contributed by atoms with Crippen LogP contribution in [0.2, 0.25) is 0 Å². The highest BCUT2D eigenvalue weighted by Gasteiger charge is 2.29. The van der Waals surface area contributed by atoms with Crippen molar-refractivity contribution in [2.75, 3.05) is 13.2 Å². The van der Waals surface area contributed by atoms with Gasteiger partial charge in [-0.05, 0) is 33.8 Å². The molecule has 1 unspecified atom stereocenters. The zero-order valence-electron chi connectivity index (χ0n) is 9.89. The third-order valence-corrected chi connectivity index (χ3v) is 2.84. The van der Waals surface area contributed by atoms with Crippen LogP contribution in [0.3, 0.4) is 0 Å². The number of hydrogen-bond acceptors (Lipinski definition) is 3. The number of rotatable bonds is 1. The molecule has 0 aliphatic carbocycles. The fraction of sp³-hybridized carbons (Fsp3) is 0.667. The predicted octanol–water partition coefficient (Wildman–Crippen LogP) is 2.34. The SMILES string of the molecule is Cc1cc(C2CNC(C)(C)CO2)c(C)o1. The van der Waals surface area contributed by atoms with Crippen LogP contribution in [-0.4, -0.2) is 18.7 Å². The molecule has 1 aliphatic heterocycles. The second-order valence-corrected chi connectivity index (χ2v) is 4.93. The van der Waals surface area contributed by atoms with Crippen molar-refractivity contribution < 1.29 is 9.15 Å². The first-order chi connectivity index (χ1) is 6.98. The third-order valence-electron chi connectivity index (χ3n) is 2.84. The Morgan fingerprint density at radius 2 is 2.13 bits per heavy atom. The molecule has 1 atom stereocenters. The molecule has 0 spiro atoms. The Hall–Kier alpha value is -0.800. The summed E-state index contributed by atoms with van der Waals surface area (Å²) in [5.41, 5.74) is 1.26. The van der Waals surface area contributed by atoms with E-state index in [1.54, 1.807) is 0 Å². The quantitative estimate of drug-likeness (QED) is 0.771. The molecule has 1 N–H and O–H groups in total. The Balaban J connectivity index is 2.11. The first kappa shape index (κ1) is 10.7. The first-order valence-electron chi connectivity index (χ1n) is 5.41. The smallest absolute Gasteiger partial charge is 0.106 e. The average molecular weight is 209 g/mol. The van der Waals surface area contributed by atoms with E-state index in [4.69, 9.17) is 9.15 Å². The van der Waals surface area contributed by atoms with E-state index in [1.807, 2.05) is 13.8 Å². The molecule has 0 radical (unpaired) electrons. The minimum Gasteiger partial charge on any atom is -0.466 e. The van der Waals surface area contributed by atoms with Gasteiger partial charge in [0.05, 0.1) is 12.7 Å². The average Bonchev–Trinajstić information content (AvgIpc) is 2.45. The van der Waals surface area contributed by atoms with Gasteiger partial charge in [-0.15, -0.1) is 0 Å². The Labute approximate surface area is 90.8 Å². The van der Waals surface area contributed by atoms with Crippen molar-refractivity contribution in [3.05, 3.63) is 23.2 Å². The molecule has 3 nitrogen and oxygen atoms in total. The van der Waals surface area contributed by atoms with Gasteiger partial charge in [0.25, 0.3) is 0 Å². The van der Waals surface area contributed by atoms with E-state index in [1.165, 1.54) is 5.56 Å². The lowest BCUT2D eigenvalue weighted by Crippen LogP contribution is -2.50. The van der Waals surface area contributed by atoms with Crippen LogP contribution in [0, 0.1) is 13.8 Å². The molecular formula is C12H19NO2. The number of aryl methyl sites for hydroxylation is 2.